The van der Waals surface area contributed by atoms with Crippen molar-refractivity contribution in [3.63, 3.8) is 0 Å². The van der Waals surface area contributed by atoms with Crippen molar-refractivity contribution in [2.24, 2.45) is 5.73 Å². The number of fused-ring (bicyclic) bond motifs is 1. The molecule has 19 heavy (non-hydrogen) atoms. The van der Waals surface area contributed by atoms with Gasteiger partial charge in [-0.25, -0.2) is 0 Å². The minimum Gasteiger partial charge on any atom is -0.376 e. The Kier molecular flexibility index (Phi) is 3.53. The Balaban J connectivity index is 1.79. The number of nitrogens with two attached hydrogens (primary N) is 1. The van der Waals surface area contributed by atoms with Gasteiger partial charge in [-0.15, -0.1) is 0 Å². The molecule has 3 N–H and O–H groups in total. The molecule has 0 aliphatic carbocycles. The molecule has 1 aromatic rings. The normalized spacial score (nSPS) is 24.5. The van der Waals surface area contributed by atoms with Crippen LogP contribution in [0, 0.1) is 0 Å². The van der Waals surface area contributed by atoms with Gasteiger partial charge in [0.25, 0.3) is 0 Å². The van der Waals surface area contributed by atoms with E-state index in [2.05, 4.69) is 11.4 Å². The third kappa shape index (κ3) is 2.65. The number of nitrogens with one attached hydrogen (secondary N) is 1. The first kappa shape index (κ1) is 12.6. The van der Waals surface area contributed by atoms with Crippen LogP contribution in [0.2, 0.25) is 0 Å². The summed E-state index contributed by atoms with van der Waals surface area (Å²) in [5.41, 5.74) is 9.54. The van der Waals surface area contributed by atoms with Crippen molar-refractivity contribution in [1.82, 2.24) is 0 Å². The smallest absolute Gasteiger partial charge is 0.224 e. The number of hydrogen-bond acceptors (Lipinski definition) is 3. The molecule has 2 aliphatic rings. The Morgan fingerprint density at radius 2 is 2.21 bits per heavy atom. The van der Waals surface area contributed by atoms with E-state index >= 15 is 0 Å². The number of carbonyl (C=O) groups is 1. The number of benzene rings is 1. The van der Waals surface area contributed by atoms with Gasteiger partial charge in [0, 0.05) is 18.7 Å². The molecule has 0 radical (unpaired) electrons. The van der Waals surface area contributed by atoms with E-state index in [4.69, 9.17) is 10.5 Å². The molecule has 1 aromatic carbocycles. The zero-order chi connectivity index (χ0) is 13.2. The number of amides is 1. The lowest BCUT2D eigenvalue weighted by Crippen LogP contribution is -2.32. The molecule has 0 spiro atoms. The Hall–Kier alpha value is -1.39. The fraction of sp³-hybridized carbons (Fsp3) is 0.533. The van der Waals surface area contributed by atoms with Gasteiger partial charge in [0.15, 0.2) is 0 Å². The molecule has 1 fully saturated rings. The van der Waals surface area contributed by atoms with Crippen LogP contribution < -0.4 is 11.1 Å². The monoisotopic (exact) mass is 260 g/mol. The van der Waals surface area contributed by atoms with Gasteiger partial charge in [-0.1, -0.05) is 12.1 Å². The third-order valence-electron chi connectivity index (χ3n) is 4.03. The molecule has 102 valence electrons. The summed E-state index contributed by atoms with van der Waals surface area (Å²) in [5, 5.41) is 2.89. The fourth-order valence-electron chi connectivity index (χ4n) is 2.87. The maximum absolute atomic E-state index is 11.3. The second kappa shape index (κ2) is 5.31. The third-order valence-corrected chi connectivity index (χ3v) is 4.03. The summed E-state index contributed by atoms with van der Waals surface area (Å²) >= 11 is 0. The van der Waals surface area contributed by atoms with Crippen LogP contribution in [0.25, 0.3) is 0 Å². The van der Waals surface area contributed by atoms with Gasteiger partial charge < -0.3 is 15.8 Å². The maximum Gasteiger partial charge on any atom is 0.224 e. The summed E-state index contributed by atoms with van der Waals surface area (Å²) in [6.45, 7) is 0.819. The number of rotatable bonds is 2. The highest BCUT2D eigenvalue weighted by Gasteiger charge is 2.24. The van der Waals surface area contributed by atoms with Gasteiger partial charge in [-0.3, -0.25) is 4.79 Å². The molecule has 2 aliphatic heterocycles. The number of hydrogen-bond donors (Lipinski definition) is 2. The first-order chi connectivity index (χ1) is 9.24. The van der Waals surface area contributed by atoms with Crippen LogP contribution in [-0.4, -0.2) is 18.6 Å². The van der Waals surface area contributed by atoms with Crippen LogP contribution in [0.15, 0.2) is 18.2 Å². The molecule has 2 heterocycles. The fourth-order valence-corrected chi connectivity index (χ4v) is 2.87. The van der Waals surface area contributed by atoms with Gasteiger partial charge in [0.1, 0.15) is 0 Å². The summed E-state index contributed by atoms with van der Waals surface area (Å²) in [6, 6.07) is 6.03. The van der Waals surface area contributed by atoms with Crippen molar-refractivity contribution in [3.8, 4) is 0 Å². The van der Waals surface area contributed by atoms with E-state index in [1.165, 1.54) is 12.0 Å². The summed E-state index contributed by atoms with van der Waals surface area (Å²) in [4.78, 5) is 11.3. The molecule has 0 aromatic heterocycles. The average Bonchev–Trinajstić information content (AvgIpc) is 2.47. The summed E-state index contributed by atoms with van der Waals surface area (Å²) < 4.78 is 5.76. The lowest BCUT2D eigenvalue weighted by atomic mass is 9.93. The van der Waals surface area contributed by atoms with E-state index in [1.54, 1.807) is 0 Å². The predicted molar refractivity (Wildman–Crippen MR) is 73.9 cm³/mol. The number of aryl methyl sites for hydroxylation is 1. The molecule has 0 saturated carbocycles. The average molecular weight is 260 g/mol. The Labute approximate surface area is 113 Å². The van der Waals surface area contributed by atoms with E-state index < -0.39 is 0 Å². The predicted octanol–water partition coefficient (Wildman–Crippen LogP) is 2.14. The zero-order valence-electron chi connectivity index (χ0n) is 11.0. The molecular formula is C15H20N2O2. The SMILES string of the molecule is NC(c1ccc2c(c1)CCC(=O)N2)C1CCCCO1. The summed E-state index contributed by atoms with van der Waals surface area (Å²) in [6.07, 6.45) is 4.86. The van der Waals surface area contributed by atoms with Crippen LogP contribution in [0.5, 0.6) is 0 Å². The first-order valence-electron chi connectivity index (χ1n) is 7.04. The Morgan fingerprint density at radius 3 is 3.00 bits per heavy atom. The molecule has 2 atom stereocenters. The van der Waals surface area contributed by atoms with Crippen LogP contribution in [0.1, 0.15) is 42.9 Å². The van der Waals surface area contributed by atoms with Gasteiger partial charge >= 0.3 is 0 Å². The second-order valence-electron chi connectivity index (χ2n) is 5.40. The molecule has 0 bridgehead atoms. The summed E-state index contributed by atoms with van der Waals surface area (Å²) in [5.74, 6) is 0.0974. The van der Waals surface area contributed by atoms with Crippen molar-refractivity contribution < 1.29 is 9.53 Å². The van der Waals surface area contributed by atoms with Gasteiger partial charge in [-0.2, -0.15) is 0 Å². The highest BCUT2D eigenvalue weighted by molar-refractivity contribution is 5.93. The second-order valence-corrected chi connectivity index (χ2v) is 5.40. The van der Waals surface area contributed by atoms with Crippen LogP contribution >= 0.6 is 0 Å². The number of anilines is 1. The van der Waals surface area contributed by atoms with E-state index in [-0.39, 0.29) is 18.1 Å². The van der Waals surface area contributed by atoms with E-state index in [9.17, 15) is 4.79 Å². The largest absolute Gasteiger partial charge is 0.376 e. The van der Waals surface area contributed by atoms with Crippen LogP contribution in [0.3, 0.4) is 0 Å². The molecular weight excluding hydrogens is 240 g/mol. The highest BCUT2D eigenvalue weighted by Crippen LogP contribution is 2.29. The van der Waals surface area contributed by atoms with Crippen molar-refractivity contribution in [2.45, 2.75) is 44.2 Å². The van der Waals surface area contributed by atoms with Gasteiger partial charge in [-0.05, 0) is 42.9 Å². The Bertz CT molecular complexity index is 481. The Morgan fingerprint density at radius 1 is 1.32 bits per heavy atom. The maximum atomic E-state index is 11.3. The number of ether oxygens (including phenoxy) is 1. The van der Waals surface area contributed by atoms with E-state index in [0.29, 0.717) is 6.42 Å². The van der Waals surface area contributed by atoms with Crippen molar-refractivity contribution >= 4 is 11.6 Å². The quantitative estimate of drug-likeness (QED) is 0.856. The topological polar surface area (TPSA) is 64.4 Å². The first-order valence-corrected chi connectivity index (χ1v) is 7.04. The molecule has 1 saturated heterocycles. The van der Waals surface area contributed by atoms with Crippen molar-refractivity contribution in [1.29, 1.82) is 0 Å². The van der Waals surface area contributed by atoms with Gasteiger partial charge in [0.05, 0.1) is 12.1 Å². The van der Waals surface area contributed by atoms with E-state index in [1.807, 2.05) is 12.1 Å². The summed E-state index contributed by atoms with van der Waals surface area (Å²) in [7, 11) is 0. The minimum atomic E-state index is -0.0665. The minimum absolute atomic E-state index is 0.0665. The van der Waals surface area contributed by atoms with Crippen LogP contribution in [-0.2, 0) is 16.0 Å². The molecule has 4 heteroatoms. The van der Waals surface area contributed by atoms with Crippen molar-refractivity contribution in [2.75, 3.05) is 11.9 Å². The molecule has 3 rings (SSSR count). The van der Waals surface area contributed by atoms with Crippen LogP contribution in [0.4, 0.5) is 5.69 Å². The highest BCUT2D eigenvalue weighted by atomic mass is 16.5. The van der Waals surface area contributed by atoms with Gasteiger partial charge in [0.2, 0.25) is 5.91 Å². The standard InChI is InChI=1S/C15H20N2O2/c16-15(13-3-1-2-8-19-13)11-4-6-12-10(9-11)5-7-14(18)17-12/h4,6,9,13,15H,1-3,5,7-8,16H2,(H,17,18). The number of carbonyl (C=O) groups excluding carboxylic acids is 1. The van der Waals surface area contributed by atoms with E-state index in [0.717, 1.165) is 37.1 Å². The molecule has 4 nitrogen and oxygen atoms in total. The molecule has 1 amide bonds. The lowest BCUT2D eigenvalue weighted by molar-refractivity contribution is -0.116. The molecule has 2 unspecified atom stereocenters. The zero-order valence-corrected chi connectivity index (χ0v) is 11.0. The lowest BCUT2D eigenvalue weighted by Gasteiger charge is -2.29. The van der Waals surface area contributed by atoms with Crippen molar-refractivity contribution in [3.05, 3.63) is 29.3 Å².